The zero-order chi connectivity index (χ0) is 9.52. The number of hydrogen-bond acceptors (Lipinski definition) is 2. The molecule has 0 unspecified atom stereocenters. The number of likely N-dealkylation sites (N-methyl/N-ethyl adjacent to an activating group) is 1. The van der Waals surface area contributed by atoms with Gasteiger partial charge >= 0.3 is 0 Å². The second kappa shape index (κ2) is 6.06. The van der Waals surface area contributed by atoms with Crippen molar-refractivity contribution in [1.29, 1.82) is 0 Å². The summed E-state index contributed by atoms with van der Waals surface area (Å²) in [6, 6.07) is 10.6. The van der Waals surface area contributed by atoms with Crippen molar-refractivity contribution in [2.75, 3.05) is 25.9 Å². The molecule has 1 rings (SSSR count). The molecular formula is C11H17NS. The molecule has 13 heavy (non-hydrogen) atoms. The summed E-state index contributed by atoms with van der Waals surface area (Å²) in [5, 5.41) is 0. The van der Waals surface area contributed by atoms with Gasteiger partial charge in [-0.25, -0.2) is 0 Å². The van der Waals surface area contributed by atoms with Gasteiger partial charge in [0.1, 0.15) is 0 Å². The monoisotopic (exact) mass is 195 g/mol. The third kappa shape index (κ3) is 4.34. The van der Waals surface area contributed by atoms with Gasteiger partial charge in [-0.15, -0.1) is 0 Å². The van der Waals surface area contributed by atoms with E-state index in [0.717, 1.165) is 25.3 Å². The maximum Gasteiger partial charge on any atom is 0.00669 e. The Hall–Kier alpha value is -0.470. The van der Waals surface area contributed by atoms with Crippen LogP contribution in [0.1, 0.15) is 5.56 Å². The molecule has 0 aromatic heterocycles. The van der Waals surface area contributed by atoms with Crippen LogP contribution in [-0.2, 0) is 6.42 Å². The molecule has 1 aromatic carbocycles. The molecule has 0 bridgehead atoms. The summed E-state index contributed by atoms with van der Waals surface area (Å²) in [5.41, 5.74) is 1.41. The van der Waals surface area contributed by atoms with Crippen LogP contribution >= 0.6 is 12.6 Å². The second-order valence-corrected chi connectivity index (χ2v) is 3.71. The first kappa shape index (κ1) is 10.6. The van der Waals surface area contributed by atoms with Crippen molar-refractivity contribution in [3.8, 4) is 0 Å². The fraction of sp³-hybridized carbons (Fsp3) is 0.455. The van der Waals surface area contributed by atoms with E-state index in [2.05, 4.69) is 54.9 Å². The molecule has 72 valence electrons. The average molecular weight is 195 g/mol. The van der Waals surface area contributed by atoms with Crippen LogP contribution in [0.2, 0.25) is 0 Å². The largest absolute Gasteiger partial charge is 0.305 e. The van der Waals surface area contributed by atoms with Crippen LogP contribution in [-0.4, -0.2) is 30.8 Å². The summed E-state index contributed by atoms with van der Waals surface area (Å²) < 4.78 is 0. The Morgan fingerprint density at radius 3 is 2.46 bits per heavy atom. The van der Waals surface area contributed by atoms with Gasteiger partial charge in [0.2, 0.25) is 0 Å². The fourth-order valence-corrected chi connectivity index (χ4v) is 1.59. The molecule has 0 radical (unpaired) electrons. The minimum atomic E-state index is 0.936. The van der Waals surface area contributed by atoms with Crippen LogP contribution in [0.25, 0.3) is 0 Å². The maximum atomic E-state index is 4.20. The Morgan fingerprint density at radius 2 is 1.85 bits per heavy atom. The van der Waals surface area contributed by atoms with Crippen LogP contribution < -0.4 is 0 Å². The van der Waals surface area contributed by atoms with Gasteiger partial charge < -0.3 is 4.90 Å². The maximum absolute atomic E-state index is 4.20. The van der Waals surface area contributed by atoms with Gasteiger partial charge in [-0.2, -0.15) is 12.6 Å². The Bertz CT molecular complexity index is 223. The topological polar surface area (TPSA) is 3.24 Å². The number of rotatable bonds is 5. The molecule has 0 spiro atoms. The molecule has 0 saturated heterocycles. The van der Waals surface area contributed by atoms with E-state index in [-0.39, 0.29) is 0 Å². The summed E-state index contributed by atoms with van der Waals surface area (Å²) in [7, 11) is 2.14. The number of nitrogens with zero attached hydrogens (tertiary/aromatic N) is 1. The van der Waals surface area contributed by atoms with Gasteiger partial charge in [-0.3, -0.25) is 0 Å². The molecule has 0 aliphatic carbocycles. The zero-order valence-corrected chi connectivity index (χ0v) is 9.00. The van der Waals surface area contributed by atoms with Crippen molar-refractivity contribution in [3.63, 3.8) is 0 Å². The van der Waals surface area contributed by atoms with Crippen molar-refractivity contribution in [2.45, 2.75) is 6.42 Å². The highest BCUT2D eigenvalue weighted by atomic mass is 32.1. The Labute approximate surface area is 86.2 Å². The highest BCUT2D eigenvalue weighted by molar-refractivity contribution is 7.80. The third-order valence-corrected chi connectivity index (χ3v) is 2.31. The zero-order valence-electron chi connectivity index (χ0n) is 8.11. The molecule has 0 atom stereocenters. The molecular weight excluding hydrogens is 178 g/mol. The van der Waals surface area contributed by atoms with E-state index in [0.29, 0.717) is 0 Å². The number of hydrogen-bond donors (Lipinski definition) is 1. The molecule has 0 heterocycles. The Balaban J connectivity index is 2.27. The average Bonchev–Trinajstić information content (AvgIpc) is 2.17. The first-order valence-electron chi connectivity index (χ1n) is 4.66. The highest BCUT2D eigenvalue weighted by Crippen LogP contribution is 2.00. The van der Waals surface area contributed by atoms with Crippen LogP contribution in [0.5, 0.6) is 0 Å². The predicted octanol–water partition coefficient (Wildman–Crippen LogP) is 2.09. The summed E-state index contributed by atoms with van der Waals surface area (Å²) in [6.07, 6.45) is 1.13. The smallest absolute Gasteiger partial charge is 0.00669 e. The summed E-state index contributed by atoms with van der Waals surface area (Å²) in [4.78, 5) is 2.31. The fourth-order valence-electron chi connectivity index (χ4n) is 1.25. The lowest BCUT2D eigenvalue weighted by atomic mass is 10.1. The van der Waals surface area contributed by atoms with Gasteiger partial charge in [-0.05, 0) is 19.0 Å². The number of benzene rings is 1. The normalized spacial score (nSPS) is 10.7. The van der Waals surface area contributed by atoms with Crippen molar-refractivity contribution < 1.29 is 0 Å². The van der Waals surface area contributed by atoms with Crippen molar-refractivity contribution in [3.05, 3.63) is 35.9 Å². The van der Waals surface area contributed by atoms with Crippen molar-refractivity contribution in [1.82, 2.24) is 4.90 Å². The number of thiol groups is 1. The molecule has 0 N–H and O–H groups in total. The van der Waals surface area contributed by atoms with E-state index in [4.69, 9.17) is 0 Å². The SMILES string of the molecule is CN(CCS)CCc1ccccc1. The van der Waals surface area contributed by atoms with E-state index in [1.54, 1.807) is 0 Å². The Kier molecular flexibility index (Phi) is 4.94. The molecule has 0 amide bonds. The van der Waals surface area contributed by atoms with E-state index in [9.17, 15) is 0 Å². The first-order chi connectivity index (χ1) is 6.33. The minimum Gasteiger partial charge on any atom is -0.305 e. The standard InChI is InChI=1S/C11H17NS/c1-12(9-10-13)8-7-11-5-3-2-4-6-11/h2-6,13H,7-10H2,1H3. The lowest BCUT2D eigenvalue weighted by Gasteiger charge is -2.14. The van der Waals surface area contributed by atoms with E-state index >= 15 is 0 Å². The molecule has 1 nitrogen and oxygen atoms in total. The van der Waals surface area contributed by atoms with Crippen LogP contribution in [0.4, 0.5) is 0 Å². The van der Waals surface area contributed by atoms with Gasteiger partial charge in [0.15, 0.2) is 0 Å². The van der Waals surface area contributed by atoms with E-state index in [1.807, 2.05) is 0 Å². The highest BCUT2D eigenvalue weighted by Gasteiger charge is 1.96. The summed E-state index contributed by atoms with van der Waals surface area (Å²) in [5.74, 6) is 0.936. The van der Waals surface area contributed by atoms with Crippen molar-refractivity contribution in [2.24, 2.45) is 0 Å². The van der Waals surface area contributed by atoms with Crippen LogP contribution in [0.15, 0.2) is 30.3 Å². The molecule has 0 aliphatic heterocycles. The molecule has 0 saturated carbocycles. The van der Waals surface area contributed by atoms with E-state index < -0.39 is 0 Å². The quantitative estimate of drug-likeness (QED) is 0.704. The summed E-state index contributed by atoms with van der Waals surface area (Å²) in [6.45, 7) is 2.18. The van der Waals surface area contributed by atoms with Crippen molar-refractivity contribution >= 4 is 12.6 Å². The Morgan fingerprint density at radius 1 is 1.15 bits per heavy atom. The predicted molar refractivity (Wildman–Crippen MR) is 61.5 cm³/mol. The molecule has 2 heteroatoms. The van der Waals surface area contributed by atoms with Crippen LogP contribution in [0.3, 0.4) is 0 Å². The first-order valence-corrected chi connectivity index (χ1v) is 5.29. The van der Waals surface area contributed by atoms with Gasteiger partial charge in [0.25, 0.3) is 0 Å². The lowest BCUT2D eigenvalue weighted by molar-refractivity contribution is 0.361. The van der Waals surface area contributed by atoms with Gasteiger partial charge in [0, 0.05) is 18.8 Å². The van der Waals surface area contributed by atoms with Gasteiger partial charge in [0.05, 0.1) is 0 Å². The van der Waals surface area contributed by atoms with E-state index in [1.165, 1.54) is 5.56 Å². The van der Waals surface area contributed by atoms with Gasteiger partial charge in [-0.1, -0.05) is 30.3 Å². The molecule has 0 aliphatic rings. The molecule has 1 aromatic rings. The van der Waals surface area contributed by atoms with Crippen LogP contribution in [0, 0.1) is 0 Å². The molecule has 0 fully saturated rings. The third-order valence-electron chi connectivity index (χ3n) is 2.11. The second-order valence-electron chi connectivity index (χ2n) is 3.26. The lowest BCUT2D eigenvalue weighted by Crippen LogP contribution is -2.23. The summed E-state index contributed by atoms with van der Waals surface area (Å²) >= 11 is 4.20. The minimum absolute atomic E-state index is 0.936.